The van der Waals surface area contributed by atoms with Crippen LogP contribution < -0.4 is 5.32 Å². The Balaban J connectivity index is 2.44. The Bertz CT molecular complexity index is 326. The molecule has 5 nitrogen and oxygen atoms in total. The Morgan fingerprint density at radius 2 is 2.05 bits per heavy atom. The van der Waals surface area contributed by atoms with E-state index in [4.69, 9.17) is 9.47 Å². The van der Waals surface area contributed by atoms with E-state index in [0.29, 0.717) is 24.5 Å². The van der Waals surface area contributed by atoms with Gasteiger partial charge in [0.1, 0.15) is 5.60 Å². The number of carbonyl (C=O) groups is 1. The van der Waals surface area contributed by atoms with Crippen molar-refractivity contribution in [2.24, 2.45) is 5.92 Å². The van der Waals surface area contributed by atoms with E-state index in [1.807, 2.05) is 27.7 Å². The summed E-state index contributed by atoms with van der Waals surface area (Å²) in [5.74, 6) is 0.507. The molecule has 0 aromatic carbocycles. The Labute approximate surface area is 129 Å². The predicted molar refractivity (Wildman–Crippen MR) is 84.5 cm³/mol. The van der Waals surface area contributed by atoms with Gasteiger partial charge in [0.25, 0.3) is 0 Å². The smallest absolute Gasteiger partial charge is 0.410 e. The molecule has 0 aromatic heterocycles. The normalized spacial score (nSPS) is 20.9. The van der Waals surface area contributed by atoms with Gasteiger partial charge in [0, 0.05) is 31.8 Å². The molecule has 1 aliphatic heterocycles. The summed E-state index contributed by atoms with van der Waals surface area (Å²) in [6, 6.07) is 0.652. The van der Waals surface area contributed by atoms with E-state index in [0.717, 1.165) is 26.2 Å². The minimum absolute atomic E-state index is 0.210. The van der Waals surface area contributed by atoms with Gasteiger partial charge in [-0.15, -0.1) is 0 Å². The molecular weight excluding hydrogens is 268 g/mol. The van der Waals surface area contributed by atoms with Gasteiger partial charge >= 0.3 is 6.09 Å². The summed E-state index contributed by atoms with van der Waals surface area (Å²) in [6.45, 7) is 15.0. The number of hydrogen-bond acceptors (Lipinski definition) is 4. The van der Waals surface area contributed by atoms with Crippen LogP contribution in [0.15, 0.2) is 0 Å². The van der Waals surface area contributed by atoms with Crippen LogP contribution in [0.4, 0.5) is 4.79 Å². The minimum atomic E-state index is -0.433. The number of likely N-dealkylation sites (tertiary alicyclic amines) is 1. The highest BCUT2D eigenvalue weighted by Gasteiger charge is 2.31. The van der Waals surface area contributed by atoms with Crippen molar-refractivity contribution in [2.75, 3.05) is 26.3 Å². The molecule has 0 bridgehead atoms. The predicted octanol–water partition coefficient (Wildman–Crippen LogP) is 2.65. The number of rotatable bonds is 6. The lowest BCUT2D eigenvalue weighted by Crippen LogP contribution is -2.46. The van der Waals surface area contributed by atoms with Gasteiger partial charge in [-0.25, -0.2) is 4.79 Å². The quantitative estimate of drug-likeness (QED) is 0.819. The molecule has 0 aromatic rings. The summed E-state index contributed by atoms with van der Waals surface area (Å²) in [5.41, 5.74) is -0.433. The van der Waals surface area contributed by atoms with E-state index in [-0.39, 0.29) is 6.09 Å². The molecule has 21 heavy (non-hydrogen) atoms. The van der Waals surface area contributed by atoms with E-state index in [2.05, 4.69) is 19.2 Å². The SMILES string of the molecule is CCOCC(NC1CCN(C(=O)OC(C)(C)C)C1)C(C)C. The van der Waals surface area contributed by atoms with Gasteiger partial charge < -0.3 is 19.7 Å². The van der Waals surface area contributed by atoms with Crippen LogP contribution in [0.3, 0.4) is 0 Å². The lowest BCUT2D eigenvalue weighted by atomic mass is 10.0. The molecule has 2 atom stereocenters. The lowest BCUT2D eigenvalue weighted by molar-refractivity contribution is 0.0288. The molecule has 2 unspecified atom stereocenters. The van der Waals surface area contributed by atoms with E-state index >= 15 is 0 Å². The maximum atomic E-state index is 12.0. The topological polar surface area (TPSA) is 50.8 Å². The molecule has 5 heteroatoms. The molecule has 124 valence electrons. The standard InChI is InChI=1S/C16H32N2O3/c1-7-20-11-14(12(2)3)17-13-8-9-18(10-13)15(19)21-16(4,5)6/h12-14,17H,7-11H2,1-6H3. The first-order chi connectivity index (χ1) is 9.73. The summed E-state index contributed by atoms with van der Waals surface area (Å²) in [5, 5.41) is 3.62. The van der Waals surface area contributed by atoms with Crippen molar-refractivity contribution in [3.63, 3.8) is 0 Å². The summed E-state index contributed by atoms with van der Waals surface area (Å²) in [7, 11) is 0. The number of amides is 1. The van der Waals surface area contributed by atoms with E-state index < -0.39 is 5.60 Å². The van der Waals surface area contributed by atoms with Crippen LogP contribution >= 0.6 is 0 Å². The molecule has 0 aliphatic carbocycles. The van der Waals surface area contributed by atoms with Crippen LogP contribution in [-0.2, 0) is 9.47 Å². The molecule has 0 saturated carbocycles. The van der Waals surface area contributed by atoms with Crippen LogP contribution in [0.1, 0.15) is 48.0 Å². The van der Waals surface area contributed by atoms with Crippen molar-refractivity contribution in [3.8, 4) is 0 Å². The summed E-state index contributed by atoms with van der Waals surface area (Å²) in [6.07, 6.45) is 0.756. The molecular formula is C16H32N2O3. The van der Waals surface area contributed by atoms with Gasteiger partial charge in [0.2, 0.25) is 0 Å². The number of hydrogen-bond donors (Lipinski definition) is 1. The second kappa shape index (κ2) is 7.99. The van der Waals surface area contributed by atoms with Crippen molar-refractivity contribution in [3.05, 3.63) is 0 Å². The van der Waals surface area contributed by atoms with Gasteiger partial charge in [-0.2, -0.15) is 0 Å². The Morgan fingerprint density at radius 1 is 1.38 bits per heavy atom. The van der Waals surface area contributed by atoms with Crippen molar-refractivity contribution in [1.29, 1.82) is 0 Å². The Kier molecular flexibility index (Phi) is 6.94. The fourth-order valence-electron chi connectivity index (χ4n) is 2.37. The average molecular weight is 300 g/mol. The second-order valence-corrected chi connectivity index (χ2v) is 7.09. The largest absolute Gasteiger partial charge is 0.444 e. The maximum Gasteiger partial charge on any atom is 0.410 e. The van der Waals surface area contributed by atoms with Gasteiger partial charge in [-0.1, -0.05) is 13.8 Å². The number of nitrogens with one attached hydrogen (secondary N) is 1. The van der Waals surface area contributed by atoms with Crippen LogP contribution in [0.2, 0.25) is 0 Å². The van der Waals surface area contributed by atoms with Crippen LogP contribution in [0.25, 0.3) is 0 Å². The molecule has 1 heterocycles. The zero-order chi connectivity index (χ0) is 16.0. The third-order valence-corrected chi connectivity index (χ3v) is 3.60. The van der Waals surface area contributed by atoms with Gasteiger partial charge in [-0.05, 0) is 40.0 Å². The first kappa shape index (κ1) is 18.2. The van der Waals surface area contributed by atoms with Crippen LogP contribution in [0, 0.1) is 5.92 Å². The Morgan fingerprint density at radius 3 is 2.57 bits per heavy atom. The fourth-order valence-corrected chi connectivity index (χ4v) is 2.37. The molecule has 1 rings (SSSR count). The fraction of sp³-hybridized carbons (Fsp3) is 0.938. The summed E-state index contributed by atoms with van der Waals surface area (Å²) >= 11 is 0. The van der Waals surface area contributed by atoms with Crippen molar-refractivity contribution < 1.29 is 14.3 Å². The molecule has 1 N–H and O–H groups in total. The zero-order valence-corrected chi connectivity index (χ0v) is 14.4. The highest BCUT2D eigenvalue weighted by molar-refractivity contribution is 5.68. The summed E-state index contributed by atoms with van der Waals surface area (Å²) in [4.78, 5) is 13.8. The first-order valence-electron chi connectivity index (χ1n) is 8.04. The lowest BCUT2D eigenvalue weighted by Gasteiger charge is -2.27. The van der Waals surface area contributed by atoms with Gasteiger partial charge in [0.05, 0.1) is 6.61 Å². The van der Waals surface area contributed by atoms with E-state index in [1.54, 1.807) is 4.90 Å². The Hall–Kier alpha value is -0.810. The minimum Gasteiger partial charge on any atom is -0.444 e. The molecule has 1 fully saturated rings. The van der Waals surface area contributed by atoms with E-state index in [1.165, 1.54) is 0 Å². The first-order valence-corrected chi connectivity index (χ1v) is 8.04. The maximum absolute atomic E-state index is 12.0. The summed E-state index contributed by atoms with van der Waals surface area (Å²) < 4.78 is 11.0. The third kappa shape index (κ3) is 6.66. The molecule has 1 amide bonds. The van der Waals surface area contributed by atoms with Gasteiger partial charge in [-0.3, -0.25) is 0 Å². The number of nitrogens with zero attached hydrogens (tertiary/aromatic N) is 1. The average Bonchev–Trinajstić information content (AvgIpc) is 2.80. The van der Waals surface area contributed by atoms with Gasteiger partial charge in [0.15, 0.2) is 0 Å². The third-order valence-electron chi connectivity index (χ3n) is 3.60. The van der Waals surface area contributed by atoms with Crippen molar-refractivity contribution in [2.45, 2.75) is 65.6 Å². The van der Waals surface area contributed by atoms with Crippen molar-refractivity contribution >= 4 is 6.09 Å². The van der Waals surface area contributed by atoms with Crippen LogP contribution in [0.5, 0.6) is 0 Å². The van der Waals surface area contributed by atoms with E-state index in [9.17, 15) is 4.79 Å². The van der Waals surface area contributed by atoms with Crippen molar-refractivity contribution in [1.82, 2.24) is 10.2 Å². The zero-order valence-electron chi connectivity index (χ0n) is 14.4. The molecule has 1 aliphatic rings. The second-order valence-electron chi connectivity index (χ2n) is 7.09. The van der Waals surface area contributed by atoms with Crippen LogP contribution in [-0.4, -0.2) is 55.0 Å². The molecule has 1 saturated heterocycles. The monoisotopic (exact) mass is 300 g/mol. The highest BCUT2D eigenvalue weighted by Crippen LogP contribution is 2.16. The highest BCUT2D eigenvalue weighted by atomic mass is 16.6. The molecule has 0 spiro atoms. The molecule has 0 radical (unpaired) electrons. The number of carbonyl (C=O) groups excluding carboxylic acids is 1. The number of ether oxygens (including phenoxy) is 2.